The Kier molecular flexibility index (Phi) is 5.52. The molecule has 20 heavy (non-hydrogen) atoms. The normalized spacial score (nSPS) is 13.1. The van der Waals surface area contributed by atoms with Crippen LogP contribution >= 0.6 is 0 Å². The van der Waals surface area contributed by atoms with E-state index in [-0.39, 0.29) is 6.61 Å². The average molecular weight is 281 g/mol. The number of amides is 1. The van der Waals surface area contributed by atoms with Crippen LogP contribution in [0.15, 0.2) is 30.3 Å². The Labute approximate surface area is 115 Å². The van der Waals surface area contributed by atoms with E-state index < -0.39 is 30.0 Å². The van der Waals surface area contributed by atoms with Gasteiger partial charge in [-0.05, 0) is 12.5 Å². The van der Waals surface area contributed by atoms with Gasteiger partial charge in [-0.25, -0.2) is 9.59 Å². The van der Waals surface area contributed by atoms with Crippen LogP contribution in [-0.4, -0.2) is 34.3 Å². The number of carboxylic acid groups (broad SMARTS) is 2. The van der Waals surface area contributed by atoms with Gasteiger partial charge in [-0.2, -0.15) is 0 Å². The third-order valence-corrected chi connectivity index (χ3v) is 2.64. The third kappa shape index (κ3) is 4.60. The van der Waals surface area contributed by atoms with E-state index in [2.05, 4.69) is 0 Å². The first-order chi connectivity index (χ1) is 9.41. The van der Waals surface area contributed by atoms with E-state index >= 15 is 0 Å². The lowest BCUT2D eigenvalue weighted by Gasteiger charge is -2.17. The first-order valence-electron chi connectivity index (χ1n) is 5.84. The van der Waals surface area contributed by atoms with Crippen LogP contribution in [0.5, 0.6) is 0 Å². The smallest absolute Gasteiger partial charge is 0.408 e. The van der Waals surface area contributed by atoms with E-state index in [9.17, 15) is 14.4 Å². The molecular weight excluding hydrogens is 266 g/mol. The van der Waals surface area contributed by atoms with Crippen molar-refractivity contribution in [2.24, 2.45) is 5.92 Å². The number of ether oxygens (including phenoxy) is 1. The van der Waals surface area contributed by atoms with Gasteiger partial charge in [0, 0.05) is 0 Å². The van der Waals surface area contributed by atoms with Gasteiger partial charge in [0.05, 0.1) is 5.92 Å². The summed E-state index contributed by atoms with van der Waals surface area (Å²) in [6.07, 6.45) is -0.977. The van der Waals surface area contributed by atoms with E-state index in [0.29, 0.717) is 0 Å². The molecule has 0 fully saturated rings. The van der Waals surface area contributed by atoms with Gasteiger partial charge in [0.1, 0.15) is 12.6 Å². The molecule has 0 spiro atoms. The van der Waals surface area contributed by atoms with Crippen molar-refractivity contribution in [2.75, 3.05) is 0 Å². The van der Waals surface area contributed by atoms with E-state index in [1.165, 1.54) is 6.92 Å². The highest BCUT2D eigenvalue weighted by molar-refractivity contribution is 5.85. The van der Waals surface area contributed by atoms with Gasteiger partial charge in [-0.1, -0.05) is 30.3 Å². The average Bonchev–Trinajstić information content (AvgIpc) is 2.42. The van der Waals surface area contributed by atoms with Crippen LogP contribution in [0.1, 0.15) is 12.5 Å². The summed E-state index contributed by atoms with van der Waals surface area (Å²) in [5, 5.41) is 19.7. The lowest BCUT2D eigenvalue weighted by molar-refractivity contribution is -0.150. The van der Waals surface area contributed by atoms with Crippen molar-refractivity contribution in [1.29, 1.82) is 0 Å². The molecule has 108 valence electrons. The quantitative estimate of drug-likeness (QED) is 0.719. The summed E-state index contributed by atoms with van der Waals surface area (Å²) < 4.78 is 4.83. The summed E-state index contributed by atoms with van der Waals surface area (Å²) >= 11 is 0. The van der Waals surface area contributed by atoms with E-state index in [4.69, 9.17) is 14.9 Å². The highest BCUT2D eigenvalue weighted by Gasteiger charge is 2.31. The van der Waals surface area contributed by atoms with E-state index in [0.717, 1.165) is 5.56 Å². The second-order valence-corrected chi connectivity index (χ2v) is 4.15. The molecule has 1 rings (SSSR count). The number of carboxylic acids is 2. The minimum Gasteiger partial charge on any atom is -0.481 e. The van der Waals surface area contributed by atoms with Gasteiger partial charge in [0.25, 0.3) is 0 Å². The number of rotatable bonds is 6. The fourth-order valence-electron chi connectivity index (χ4n) is 1.43. The molecule has 1 amide bonds. The first-order valence-corrected chi connectivity index (χ1v) is 5.84. The van der Waals surface area contributed by atoms with Crippen LogP contribution in [0.4, 0.5) is 4.79 Å². The van der Waals surface area contributed by atoms with Crippen LogP contribution < -0.4 is 5.32 Å². The standard InChI is InChI=1S/C13H15NO6/c1-8(11(15)16)10(12(17)18)14-13(19)20-7-9-5-3-2-4-6-9/h2-6,8,10H,7H2,1H3,(H,14,19)(H,15,16)(H,17,18)/t8?,10-/m1/s1. The van der Waals surface area contributed by atoms with Gasteiger partial charge in [-0.3, -0.25) is 4.79 Å². The Hall–Kier alpha value is -2.57. The van der Waals surface area contributed by atoms with Gasteiger partial charge in [0.2, 0.25) is 0 Å². The number of carbonyl (C=O) groups is 3. The number of nitrogens with one attached hydrogen (secondary N) is 1. The zero-order valence-electron chi connectivity index (χ0n) is 10.8. The van der Waals surface area contributed by atoms with Crippen molar-refractivity contribution in [3.05, 3.63) is 35.9 Å². The lowest BCUT2D eigenvalue weighted by atomic mass is 10.0. The molecular formula is C13H15NO6. The molecule has 1 aromatic carbocycles. The van der Waals surface area contributed by atoms with Crippen LogP contribution in [0.3, 0.4) is 0 Å². The summed E-state index contributed by atoms with van der Waals surface area (Å²) in [5.41, 5.74) is 0.737. The monoisotopic (exact) mass is 281 g/mol. The second kappa shape index (κ2) is 7.13. The highest BCUT2D eigenvalue weighted by Crippen LogP contribution is 2.05. The number of hydrogen-bond acceptors (Lipinski definition) is 4. The van der Waals surface area contributed by atoms with Gasteiger partial charge in [-0.15, -0.1) is 0 Å². The maximum atomic E-state index is 11.5. The Morgan fingerprint density at radius 3 is 2.25 bits per heavy atom. The molecule has 0 heterocycles. The second-order valence-electron chi connectivity index (χ2n) is 4.15. The summed E-state index contributed by atoms with van der Waals surface area (Å²) in [6.45, 7) is 1.17. The molecule has 0 radical (unpaired) electrons. The molecule has 0 aromatic heterocycles. The van der Waals surface area contributed by atoms with Crippen molar-refractivity contribution < 1.29 is 29.3 Å². The van der Waals surface area contributed by atoms with E-state index in [1.54, 1.807) is 30.3 Å². The van der Waals surface area contributed by atoms with Crippen molar-refractivity contribution in [3.63, 3.8) is 0 Å². The van der Waals surface area contributed by atoms with Crippen molar-refractivity contribution in [3.8, 4) is 0 Å². The maximum Gasteiger partial charge on any atom is 0.408 e. The minimum absolute atomic E-state index is 0.0273. The van der Waals surface area contributed by atoms with Crippen molar-refractivity contribution >= 4 is 18.0 Å². The Morgan fingerprint density at radius 2 is 1.75 bits per heavy atom. The Balaban J connectivity index is 2.54. The minimum atomic E-state index is -1.55. The molecule has 0 saturated heterocycles. The fourth-order valence-corrected chi connectivity index (χ4v) is 1.43. The van der Waals surface area contributed by atoms with Crippen LogP contribution in [0, 0.1) is 5.92 Å². The lowest BCUT2D eigenvalue weighted by Crippen LogP contribution is -2.47. The molecule has 0 aliphatic heterocycles. The summed E-state index contributed by atoms with van der Waals surface area (Å²) in [5.74, 6) is -4.02. The Bertz CT molecular complexity index is 487. The van der Waals surface area contributed by atoms with Gasteiger partial charge < -0.3 is 20.3 Å². The zero-order chi connectivity index (χ0) is 15.1. The number of alkyl carbamates (subject to hydrolysis) is 1. The van der Waals surface area contributed by atoms with Gasteiger partial charge in [0.15, 0.2) is 0 Å². The molecule has 3 N–H and O–H groups in total. The van der Waals surface area contributed by atoms with Crippen LogP contribution in [0.2, 0.25) is 0 Å². The molecule has 1 aromatic rings. The molecule has 0 saturated carbocycles. The molecule has 1 unspecified atom stereocenters. The molecule has 0 bridgehead atoms. The zero-order valence-corrected chi connectivity index (χ0v) is 10.8. The third-order valence-electron chi connectivity index (χ3n) is 2.64. The molecule has 0 aliphatic carbocycles. The first kappa shape index (κ1) is 15.5. The number of benzene rings is 1. The van der Waals surface area contributed by atoms with Crippen LogP contribution in [-0.2, 0) is 20.9 Å². The SMILES string of the molecule is CC(C(=O)O)[C@@H](NC(=O)OCc1ccccc1)C(=O)O. The van der Waals surface area contributed by atoms with Crippen LogP contribution in [0.25, 0.3) is 0 Å². The fraction of sp³-hybridized carbons (Fsp3) is 0.308. The summed E-state index contributed by atoms with van der Waals surface area (Å²) in [6, 6.07) is 7.27. The predicted octanol–water partition coefficient (Wildman–Crippen LogP) is 1.09. The molecule has 7 nitrogen and oxygen atoms in total. The predicted molar refractivity (Wildman–Crippen MR) is 68.0 cm³/mol. The van der Waals surface area contributed by atoms with E-state index in [1.807, 2.05) is 5.32 Å². The number of aliphatic carboxylic acids is 2. The largest absolute Gasteiger partial charge is 0.481 e. The highest BCUT2D eigenvalue weighted by atomic mass is 16.5. The molecule has 0 aliphatic rings. The Morgan fingerprint density at radius 1 is 1.15 bits per heavy atom. The van der Waals surface area contributed by atoms with Crippen molar-refractivity contribution in [2.45, 2.75) is 19.6 Å². The summed E-state index contributed by atoms with van der Waals surface area (Å²) in [4.78, 5) is 33.1. The number of hydrogen-bond donors (Lipinski definition) is 3. The summed E-state index contributed by atoms with van der Waals surface area (Å²) in [7, 11) is 0. The maximum absolute atomic E-state index is 11.5. The van der Waals surface area contributed by atoms with Gasteiger partial charge >= 0.3 is 18.0 Å². The number of carbonyl (C=O) groups excluding carboxylic acids is 1. The molecule has 2 atom stereocenters. The topological polar surface area (TPSA) is 113 Å². The van der Waals surface area contributed by atoms with Crippen molar-refractivity contribution in [1.82, 2.24) is 5.32 Å². The molecule has 7 heteroatoms.